The second-order valence-electron chi connectivity index (χ2n) is 4.89. The van der Waals surface area contributed by atoms with E-state index in [0.717, 1.165) is 41.5 Å². The third-order valence-electron chi connectivity index (χ3n) is 3.40. The molecule has 104 valence electrons. The highest BCUT2D eigenvalue weighted by Crippen LogP contribution is 2.32. The van der Waals surface area contributed by atoms with Gasteiger partial charge in [-0.15, -0.1) is 11.3 Å². The van der Waals surface area contributed by atoms with E-state index < -0.39 is 5.97 Å². The third kappa shape index (κ3) is 2.73. The summed E-state index contributed by atoms with van der Waals surface area (Å²) >= 11 is 1.48. The predicted octanol–water partition coefficient (Wildman–Crippen LogP) is 3.09. The van der Waals surface area contributed by atoms with Crippen LogP contribution < -0.4 is 0 Å². The van der Waals surface area contributed by atoms with Crippen molar-refractivity contribution in [3.05, 3.63) is 41.0 Å². The van der Waals surface area contributed by atoms with Crippen LogP contribution in [0.4, 0.5) is 0 Å². The Labute approximate surface area is 121 Å². The molecule has 1 atom stereocenters. The van der Waals surface area contributed by atoms with E-state index in [9.17, 15) is 9.90 Å². The fourth-order valence-electron chi connectivity index (χ4n) is 2.37. The van der Waals surface area contributed by atoms with Crippen LogP contribution in [0.15, 0.2) is 30.3 Å². The smallest absolute Gasteiger partial charge is 0.356 e. The second kappa shape index (κ2) is 5.73. The zero-order valence-electron chi connectivity index (χ0n) is 10.9. The number of hydrogen-bond acceptors (Lipinski definition) is 4. The van der Waals surface area contributed by atoms with E-state index in [2.05, 4.69) is 4.98 Å². The normalized spacial score (nSPS) is 18.3. The van der Waals surface area contributed by atoms with E-state index in [4.69, 9.17) is 4.74 Å². The van der Waals surface area contributed by atoms with Crippen molar-refractivity contribution in [2.24, 2.45) is 5.92 Å². The van der Waals surface area contributed by atoms with Crippen LogP contribution in [0.5, 0.6) is 0 Å². The average molecular weight is 289 g/mol. The van der Waals surface area contributed by atoms with Gasteiger partial charge in [0.1, 0.15) is 0 Å². The topological polar surface area (TPSA) is 59.4 Å². The SMILES string of the molecule is O=C(O)c1nc(CC2CCOC2)sc1-c1ccccc1. The molecule has 2 aromatic rings. The van der Waals surface area contributed by atoms with Gasteiger partial charge in [0.25, 0.3) is 0 Å². The second-order valence-corrected chi connectivity index (χ2v) is 5.97. The maximum absolute atomic E-state index is 11.4. The molecule has 1 saturated heterocycles. The molecule has 4 nitrogen and oxygen atoms in total. The lowest BCUT2D eigenvalue weighted by molar-refractivity contribution is 0.0692. The summed E-state index contributed by atoms with van der Waals surface area (Å²) in [6.45, 7) is 1.55. The van der Waals surface area contributed by atoms with Gasteiger partial charge in [-0.3, -0.25) is 0 Å². The van der Waals surface area contributed by atoms with E-state index in [0.29, 0.717) is 5.92 Å². The molecule has 1 fully saturated rings. The van der Waals surface area contributed by atoms with Crippen LogP contribution in [0.25, 0.3) is 10.4 Å². The molecule has 0 spiro atoms. The number of carboxylic acid groups (broad SMARTS) is 1. The summed E-state index contributed by atoms with van der Waals surface area (Å²) in [4.78, 5) is 16.4. The molecular formula is C15H15NO3S. The van der Waals surface area contributed by atoms with Crippen molar-refractivity contribution in [1.82, 2.24) is 4.98 Å². The Hall–Kier alpha value is -1.72. The van der Waals surface area contributed by atoms with Gasteiger partial charge in [-0.25, -0.2) is 9.78 Å². The van der Waals surface area contributed by atoms with Crippen molar-refractivity contribution in [3.8, 4) is 10.4 Å². The Morgan fingerprint density at radius 3 is 2.85 bits per heavy atom. The first-order valence-corrected chi connectivity index (χ1v) is 7.42. The minimum Gasteiger partial charge on any atom is -0.476 e. The van der Waals surface area contributed by atoms with Gasteiger partial charge in [-0.05, 0) is 17.9 Å². The monoisotopic (exact) mass is 289 g/mol. The minimum atomic E-state index is -0.964. The van der Waals surface area contributed by atoms with E-state index in [1.807, 2.05) is 30.3 Å². The molecule has 0 radical (unpaired) electrons. The van der Waals surface area contributed by atoms with E-state index in [1.165, 1.54) is 11.3 Å². The number of nitrogens with zero attached hydrogens (tertiary/aromatic N) is 1. The predicted molar refractivity (Wildman–Crippen MR) is 77.1 cm³/mol. The molecule has 0 amide bonds. The Bertz CT molecular complexity index is 603. The highest BCUT2D eigenvalue weighted by atomic mass is 32.1. The fraction of sp³-hybridized carbons (Fsp3) is 0.333. The molecule has 2 heterocycles. The molecule has 20 heavy (non-hydrogen) atoms. The summed E-state index contributed by atoms with van der Waals surface area (Å²) < 4.78 is 5.36. The van der Waals surface area contributed by atoms with Gasteiger partial charge in [0.05, 0.1) is 9.88 Å². The number of benzene rings is 1. The highest BCUT2D eigenvalue weighted by molar-refractivity contribution is 7.15. The number of aromatic nitrogens is 1. The average Bonchev–Trinajstić information content (AvgIpc) is 3.10. The van der Waals surface area contributed by atoms with E-state index >= 15 is 0 Å². The zero-order chi connectivity index (χ0) is 13.9. The Morgan fingerprint density at radius 2 is 2.20 bits per heavy atom. The Morgan fingerprint density at radius 1 is 1.40 bits per heavy atom. The summed E-state index contributed by atoms with van der Waals surface area (Å²) in [6.07, 6.45) is 1.83. The first-order chi connectivity index (χ1) is 9.74. The standard InChI is InChI=1S/C15H15NO3S/c17-15(18)13-14(11-4-2-1-3-5-11)20-12(16-13)8-10-6-7-19-9-10/h1-5,10H,6-9H2,(H,17,18). The van der Waals surface area contributed by atoms with Crippen LogP contribution >= 0.6 is 11.3 Å². The van der Waals surface area contributed by atoms with Crippen molar-refractivity contribution in [1.29, 1.82) is 0 Å². The Balaban J connectivity index is 1.92. The number of thiazole rings is 1. The molecule has 1 aliphatic heterocycles. The Kier molecular flexibility index (Phi) is 3.80. The van der Waals surface area contributed by atoms with Gasteiger partial charge in [-0.1, -0.05) is 30.3 Å². The molecule has 1 aromatic heterocycles. The van der Waals surface area contributed by atoms with Crippen LogP contribution in [0.2, 0.25) is 0 Å². The molecule has 1 unspecified atom stereocenters. The number of rotatable bonds is 4. The lowest BCUT2D eigenvalue weighted by Crippen LogP contribution is -2.04. The zero-order valence-corrected chi connectivity index (χ0v) is 11.7. The number of carbonyl (C=O) groups is 1. The van der Waals surface area contributed by atoms with E-state index in [-0.39, 0.29) is 5.69 Å². The van der Waals surface area contributed by atoms with Crippen LogP contribution in [-0.2, 0) is 11.2 Å². The summed E-state index contributed by atoms with van der Waals surface area (Å²) in [5.74, 6) is -0.500. The maximum atomic E-state index is 11.4. The third-order valence-corrected chi connectivity index (χ3v) is 4.52. The molecular weight excluding hydrogens is 274 g/mol. The molecule has 3 rings (SSSR count). The van der Waals surface area contributed by atoms with Crippen molar-refractivity contribution in [2.45, 2.75) is 12.8 Å². The number of carboxylic acids is 1. The first kappa shape index (κ1) is 13.3. The number of aromatic carboxylic acids is 1. The minimum absolute atomic E-state index is 0.162. The summed E-state index contributed by atoms with van der Waals surface area (Å²) in [5.41, 5.74) is 1.08. The first-order valence-electron chi connectivity index (χ1n) is 6.60. The fourth-order valence-corrected chi connectivity index (χ4v) is 3.55. The summed E-state index contributed by atoms with van der Waals surface area (Å²) in [6, 6.07) is 9.57. The largest absolute Gasteiger partial charge is 0.476 e. The van der Waals surface area contributed by atoms with Crippen molar-refractivity contribution >= 4 is 17.3 Å². The highest BCUT2D eigenvalue weighted by Gasteiger charge is 2.22. The van der Waals surface area contributed by atoms with Crippen molar-refractivity contribution in [3.63, 3.8) is 0 Å². The van der Waals surface area contributed by atoms with Gasteiger partial charge in [0.2, 0.25) is 0 Å². The summed E-state index contributed by atoms with van der Waals surface area (Å²) in [5, 5.41) is 10.2. The molecule has 0 aliphatic carbocycles. The van der Waals surface area contributed by atoms with Crippen LogP contribution in [0, 0.1) is 5.92 Å². The number of hydrogen-bond donors (Lipinski definition) is 1. The molecule has 0 saturated carbocycles. The van der Waals surface area contributed by atoms with Crippen molar-refractivity contribution < 1.29 is 14.6 Å². The van der Waals surface area contributed by atoms with Gasteiger partial charge >= 0.3 is 5.97 Å². The van der Waals surface area contributed by atoms with Gasteiger partial charge < -0.3 is 9.84 Å². The van der Waals surface area contributed by atoms with Gasteiger partial charge in [-0.2, -0.15) is 0 Å². The van der Waals surface area contributed by atoms with Crippen LogP contribution in [0.3, 0.4) is 0 Å². The van der Waals surface area contributed by atoms with Crippen LogP contribution in [0.1, 0.15) is 21.9 Å². The van der Waals surface area contributed by atoms with E-state index in [1.54, 1.807) is 0 Å². The quantitative estimate of drug-likeness (QED) is 0.939. The van der Waals surface area contributed by atoms with Crippen molar-refractivity contribution in [2.75, 3.05) is 13.2 Å². The molecule has 1 aromatic carbocycles. The summed E-state index contributed by atoms with van der Waals surface area (Å²) in [7, 11) is 0. The van der Waals surface area contributed by atoms with Gasteiger partial charge in [0.15, 0.2) is 5.69 Å². The molecule has 1 aliphatic rings. The lowest BCUT2D eigenvalue weighted by Gasteiger charge is -2.02. The lowest BCUT2D eigenvalue weighted by atomic mass is 10.1. The van der Waals surface area contributed by atoms with Crippen LogP contribution in [-0.4, -0.2) is 29.3 Å². The molecule has 5 heteroatoms. The number of ether oxygens (including phenoxy) is 1. The molecule has 1 N–H and O–H groups in total. The maximum Gasteiger partial charge on any atom is 0.356 e. The van der Waals surface area contributed by atoms with Gasteiger partial charge in [0, 0.05) is 19.6 Å². The molecule has 0 bridgehead atoms.